The summed E-state index contributed by atoms with van der Waals surface area (Å²) in [4.78, 5) is 0. The predicted molar refractivity (Wildman–Crippen MR) is 130 cm³/mol. The van der Waals surface area contributed by atoms with Gasteiger partial charge in [-0.25, -0.2) is 0 Å². The molecule has 2 N–H and O–H groups in total. The Bertz CT molecular complexity index is 989. The van der Waals surface area contributed by atoms with Crippen LogP contribution in [0.25, 0.3) is 0 Å². The molecule has 0 fully saturated rings. The average Bonchev–Trinajstić information content (AvgIpc) is 3.02. The number of nitrogens with one attached hydrogen (secondary N) is 2. The van der Waals surface area contributed by atoms with Crippen molar-refractivity contribution in [3.8, 4) is 0 Å². The molecule has 152 valence electrons. The first-order valence-electron chi connectivity index (χ1n) is 9.28. The highest BCUT2D eigenvalue weighted by atomic mass is 79.9. The third-order valence-corrected chi connectivity index (χ3v) is 5.70. The molecule has 1 heterocycles. The van der Waals surface area contributed by atoms with E-state index in [-0.39, 0.29) is 0 Å². The molecule has 0 aliphatic heterocycles. The summed E-state index contributed by atoms with van der Waals surface area (Å²) in [6, 6.07) is 13.8. The van der Waals surface area contributed by atoms with Gasteiger partial charge >= 0.3 is 0 Å². The lowest BCUT2D eigenvalue weighted by Gasteiger charge is -2.10. The maximum absolute atomic E-state index is 6.26. The normalized spacial score (nSPS) is 10.8. The van der Waals surface area contributed by atoms with Gasteiger partial charge in [0.2, 0.25) is 0 Å². The number of nitrogens with zero attached hydrogens (tertiary/aromatic N) is 2. The molecule has 29 heavy (non-hydrogen) atoms. The van der Waals surface area contributed by atoms with Crippen molar-refractivity contribution < 1.29 is 0 Å². The van der Waals surface area contributed by atoms with Crippen LogP contribution >= 0.6 is 51.3 Å². The van der Waals surface area contributed by atoms with E-state index in [1.165, 1.54) is 18.4 Å². The molecule has 0 unspecified atom stereocenters. The zero-order valence-electron chi connectivity index (χ0n) is 15.9. The van der Waals surface area contributed by atoms with Crippen LogP contribution in [0.2, 0.25) is 10.0 Å². The molecule has 3 aromatic rings. The van der Waals surface area contributed by atoms with Gasteiger partial charge in [-0.05, 0) is 76.4 Å². The second-order valence-corrected chi connectivity index (χ2v) is 8.74. The van der Waals surface area contributed by atoms with Crippen LogP contribution in [0, 0.1) is 0 Å². The summed E-state index contributed by atoms with van der Waals surface area (Å²) >= 11 is 21.2. The summed E-state index contributed by atoms with van der Waals surface area (Å²) in [6.45, 7) is 2.72. The highest BCUT2D eigenvalue weighted by molar-refractivity contribution is 9.10. The van der Waals surface area contributed by atoms with Crippen LogP contribution in [-0.2, 0) is 13.0 Å². The fourth-order valence-electron chi connectivity index (χ4n) is 2.79. The number of aromatic nitrogens is 2. The molecule has 2 aromatic carbocycles. The van der Waals surface area contributed by atoms with Gasteiger partial charge in [0.15, 0.2) is 10.9 Å². The number of aryl methyl sites for hydroxylation is 1. The van der Waals surface area contributed by atoms with E-state index < -0.39 is 0 Å². The Morgan fingerprint density at radius 1 is 1.14 bits per heavy atom. The molecule has 3 rings (SSSR count). The first-order chi connectivity index (χ1) is 13.9. The summed E-state index contributed by atoms with van der Waals surface area (Å²) in [6.07, 6.45) is 5.37. The lowest BCUT2D eigenvalue weighted by atomic mass is 10.1. The van der Waals surface area contributed by atoms with Crippen molar-refractivity contribution in [2.45, 2.75) is 32.7 Å². The summed E-state index contributed by atoms with van der Waals surface area (Å²) in [7, 11) is 0. The second-order valence-electron chi connectivity index (χ2n) is 6.64. The first-order valence-corrected chi connectivity index (χ1v) is 11.2. The Labute approximate surface area is 194 Å². The third-order valence-electron chi connectivity index (χ3n) is 4.33. The van der Waals surface area contributed by atoms with Crippen LogP contribution in [0.4, 0.5) is 11.5 Å². The predicted octanol–water partition coefficient (Wildman–Crippen LogP) is 7.15. The minimum Gasteiger partial charge on any atom is -0.332 e. The monoisotopic (exact) mass is 510 g/mol. The molecule has 4 nitrogen and oxygen atoms in total. The van der Waals surface area contributed by atoms with Gasteiger partial charge in [-0.15, -0.1) is 0 Å². The number of hydrogen-bond donors (Lipinski definition) is 2. The number of benzene rings is 2. The van der Waals surface area contributed by atoms with E-state index in [0.29, 0.717) is 27.5 Å². The highest BCUT2D eigenvalue weighted by Gasteiger charge is 2.10. The number of anilines is 2. The molecule has 0 bridgehead atoms. The number of hydrogen-bond acceptors (Lipinski definition) is 2. The Balaban J connectivity index is 1.60. The van der Waals surface area contributed by atoms with Crippen molar-refractivity contribution in [3.63, 3.8) is 0 Å². The van der Waals surface area contributed by atoms with Gasteiger partial charge < -0.3 is 10.6 Å². The molecule has 0 radical (unpaired) electrons. The lowest BCUT2D eigenvalue weighted by Crippen LogP contribution is -2.19. The highest BCUT2D eigenvalue weighted by Crippen LogP contribution is 2.25. The van der Waals surface area contributed by atoms with Gasteiger partial charge in [-0.1, -0.05) is 54.7 Å². The number of unbranched alkanes of at least 4 members (excludes halogenated alkanes) is 1. The maximum Gasteiger partial charge on any atom is 0.176 e. The van der Waals surface area contributed by atoms with Gasteiger partial charge in [-0.2, -0.15) is 5.10 Å². The van der Waals surface area contributed by atoms with Gasteiger partial charge in [0.1, 0.15) is 0 Å². The second kappa shape index (κ2) is 10.4. The molecule has 0 spiro atoms. The summed E-state index contributed by atoms with van der Waals surface area (Å²) in [5.74, 6) is 0.632. The molecule has 0 saturated heterocycles. The Morgan fingerprint density at radius 3 is 2.59 bits per heavy atom. The Hall–Kier alpha value is -1.60. The van der Waals surface area contributed by atoms with Crippen LogP contribution in [0.3, 0.4) is 0 Å². The van der Waals surface area contributed by atoms with Crippen LogP contribution in [-0.4, -0.2) is 14.9 Å². The third kappa shape index (κ3) is 6.44. The van der Waals surface area contributed by atoms with Crippen LogP contribution in [0.5, 0.6) is 0 Å². The van der Waals surface area contributed by atoms with E-state index in [1.54, 1.807) is 10.7 Å². The standard InChI is InChI=1S/C21H21BrCl2N4S/c1-2-3-4-14-5-9-17(10-6-14)25-21(29)26-20-18(22)13-28(27-20)12-15-7-8-16(23)11-19(15)24/h5-11,13H,2-4,12H2,1H3,(H2,25,26,27,29). The van der Waals surface area contributed by atoms with E-state index in [2.05, 4.69) is 50.7 Å². The number of rotatable bonds is 7. The largest absolute Gasteiger partial charge is 0.332 e. The van der Waals surface area contributed by atoms with Crippen LogP contribution in [0.15, 0.2) is 53.1 Å². The molecule has 0 aliphatic rings. The number of thiocarbonyl (C=S) groups is 1. The average molecular weight is 512 g/mol. The molecule has 0 aliphatic carbocycles. The summed E-state index contributed by atoms with van der Waals surface area (Å²) in [5, 5.41) is 12.5. The van der Waals surface area contributed by atoms with Gasteiger partial charge in [0.05, 0.1) is 11.0 Å². The van der Waals surface area contributed by atoms with Crippen molar-refractivity contribution >= 4 is 68.0 Å². The lowest BCUT2D eigenvalue weighted by molar-refractivity contribution is 0.690. The Kier molecular flexibility index (Phi) is 7.95. The van der Waals surface area contributed by atoms with Gasteiger partial charge in [0.25, 0.3) is 0 Å². The zero-order chi connectivity index (χ0) is 20.8. The van der Waals surface area contributed by atoms with Crippen LogP contribution < -0.4 is 10.6 Å². The van der Waals surface area contributed by atoms with Gasteiger partial charge in [0, 0.05) is 21.9 Å². The first kappa shape index (κ1) is 22.1. The molecule has 8 heteroatoms. The van der Waals surface area contributed by atoms with E-state index in [4.69, 9.17) is 35.4 Å². The van der Waals surface area contributed by atoms with Crippen molar-refractivity contribution in [2.24, 2.45) is 0 Å². The van der Waals surface area contributed by atoms with E-state index >= 15 is 0 Å². The van der Waals surface area contributed by atoms with Gasteiger partial charge in [-0.3, -0.25) is 4.68 Å². The van der Waals surface area contributed by atoms with E-state index in [9.17, 15) is 0 Å². The topological polar surface area (TPSA) is 41.9 Å². The molecule has 1 aromatic heterocycles. The Morgan fingerprint density at radius 2 is 1.90 bits per heavy atom. The zero-order valence-corrected chi connectivity index (χ0v) is 19.8. The molecule has 0 atom stereocenters. The van der Waals surface area contributed by atoms with Crippen molar-refractivity contribution in [1.82, 2.24) is 9.78 Å². The maximum atomic E-state index is 6.26. The SMILES string of the molecule is CCCCc1ccc(NC(=S)Nc2nn(Cc3ccc(Cl)cc3Cl)cc2Br)cc1. The molecular formula is C21H21BrCl2N4S. The summed E-state index contributed by atoms with van der Waals surface area (Å²) < 4.78 is 2.59. The number of halogens is 3. The summed E-state index contributed by atoms with van der Waals surface area (Å²) in [5.41, 5.74) is 3.20. The minimum atomic E-state index is 0.474. The van der Waals surface area contributed by atoms with Crippen LogP contribution in [0.1, 0.15) is 30.9 Å². The molecular weight excluding hydrogens is 491 g/mol. The molecule has 0 amide bonds. The van der Waals surface area contributed by atoms with Crippen molar-refractivity contribution in [1.29, 1.82) is 0 Å². The van der Waals surface area contributed by atoms with Crippen molar-refractivity contribution in [3.05, 3.63) is 74.3 Å². The quantitative estimate of drug-likeness (QED) is 0.330. The smallest absolute Gasteiger partial charge is 0.176 e. The fourth-order valence-corrected chi connectivity index (χ4v) is 3.89. The van der Waals surface area contributed by atoms with Crippen molar-refractivity contribution in [2.75, 3.05) is 10.6 Å². The molecule has 0 saturated carbocycles. The fraction of sp³-hybridized carbons (Fsp3) is 0.238. The van der Waals surface area contributed by atoms with E-state index in [0.717, 1.165) is 22.1 Å². The van der Waals surface area contributed by atoms with E-state index in [1.807, 2.05) is 30.5 Å². The minimum absolute atomic E-state index is 0.474.